The molecule has 0 aliphatic carbocycles. The van der Waals surface area contributed by atoms with Crippen LogP contribution in [0.5, 0.6) is 0 Å². The van der Waals surface area contributed by atoms with E-state index in [4.69, 9.17) is 9.90 Å². The highest BCUT2D eigenvalue weighted by molar-refractivity contribution is 5.95. The Balaban J connectivity index is 0.000000505. The third kappa shape index (κ3) is 7.15. The first-order chi connectivity index (χ1) is 17.8. The highest BCUT2D eigenvalue weighted by atomic mass is 19.4. The molecule has 3 N–H and O–H groups in total. The maximum absolute atomic E-state index is 13.1. The van der Waals surface area contributed by atoms with E-state index in [1.54, 1.807) is 0 Å². The largest absolute Gasteiger partial charge is 0.490 e. The quantitative estimate of drug-likeness (QED) is 0.419. The number of rotatable bonds is 5. The second kappa shape index (κ2) is 11.7. The monoisotopic (exact) mass is 546 g/mol. The molecule has 38 heavy (non-hydrogen) atoms. The van der Waals surface area contributed by atoms with Crippen molar-refractivity contribution >= 4 is 22.9 Å². The van der Waals surface area contributed by atoms with Gasteiger partial charge >= 0.3 is 24.0 Å². The van der Waals surface area contributed by atoms with Gasteiger partial charge in [0.1, 0.15) is 0 Å². The van der Waals surface area contributed by atoms with Crippen molar-refractivity contribution in [3.8, 4) is 0 Å². The standard InChI is InChI=1S/C22H23F3N4O2.C2HF3O2/c23-22(24,25)17-6-2-1-5-16(17)20(30)26-11-14-28-12-9-15(10-13-28)29-19-8-4-3-7-18(19)27-21(29)31;3-2(4,5)1(6)7/h1-8,15H,9-14H2,(H,26,30)(H,27,31);(H,6,7). The van der Waals surface area contributed by atoms with Crippen molar-refractivity contribution in [3.05, 3.63) is 70.1 Å². The van der Waals surface area contributed by atoms with Crippen molar-refractivity contribution in [2.45, 2.75) is 31.2 Å². The maximum atomic E-state index is 13.1. The Morgan fingerprint density at radius 3 is 2.16 bits per heavy atom. The third-order valence-corrected chi connectivity index (χ3v) is 5.98. The number of carbonyl (C=O) groups is 2. The molecule has 3 aromatic rings. The number of hydrogen-bond acceptors (Lipinski definition) is 4. The van der Waals surface area contributed by atoms with E-state index in [-0.39, 0.29) is 23.8 Å². The summed E-state index contributed by atoms with van der Waals surface area (Å²) >= 11 is 0. The first-order valence-electron chi connectivity index (χ1n) is 11.4. The lowest BCUT2D eigenvalue weighted by molar-refractivity contribution is -0.192. The van der Waals surface area contributed by atoms with Crippen molar-refractivity contribution < 1.29 is 41.0 Å². The number of aromatic nitrogens is 2. The molecule has 1 fully saturated rings. The number of hydrogen-bond donors (Lipinski definition) is 3. The van der Waals surface area contributed by atoms with Crippen LogP contribution in [0, 0.1) is 0 Å². The van der Waals surface area contributed by atoms with E-state index in [0.29, 0.717) is 6.54 Å². The molecule has 0 saturated carbocycles. The first-order valence-corrected chi connectivity index (χ1v) is 11.4. The van der Waals surface area contributed by atoms with E-state index in [1.165, 1.54) is 18.2 Å². The molecular weight excluding hydrogens is 522 g/mol. The smallest absolute Gasteiger partial charge is 0.475 e. The van der Waals surface area contributed by atoms with E-state index in [1.807, 2.05) is 28.8 Å². The average Bonchev–Trinajstić information content (AvgIpc) is 3.19. The van der Waals surface area contributed by atoms with Gasteiger partial charge in [0.2, 0.25) is 0 Å². The molecule has 2 heterocycles. The lowest BCUT2D eigenvalue weighted by Gasteiger charge is -2.32. The normalized spacial score (nSPS) is 15.1. The van der Waals surface area contributed by atoms with Gasteiger partial charge in [-0.3, -0.25) is 9.36 Å². The summed E-state index contributed by atoms with van der Waals surface area (Å²) in [6.07, 6.45) is -8.09. The molecule has 0 radical (unpaired) electrons. The number of nitrogens with one attached hydrogen (secondary N) is 2. The Hall–Kier alpha value is -3.81. The number of para-hydroxylation sites is 2. The number of fused-ring (bicyclic) bond motifs is 1. The zero-order valence-corrected chi connectivity index (χ0v) is 19.8. The maximum Gasteiger partial charge on any atom is 0.490 e. The van der Waals surface area contributed by atoms with Crippen LogP contribution in [0.25, 0.3) is 11.0 Å². The number of aromatic amines is 1. The lowest BCUT2D eigenvalue weighted by Crippen LogP contribution is -2.41. The van der Waals surface area contributed by atoms with Crippen LogP contribution in [0.15, 0.2) is 53.3 Å². The summed E-state index contributed by atoms with van der Waals surface area (Å²) in [5, 5.41) is 9.71. The fourth-order valence-corrected chi connectivity index (χ4v) is 4.19. The van der Waals surface area contributed by atoms with Gasteiger partial charge in [-0.1, -0.05) is 24.3 Å². The molecule has 0 unspecified atom stereocenters. The molecule has 2 aromatic carbocycles. The summed E-state index contributed by atoms with van der Waals surface area (Å²) in [5.74, 6) is -3.49. The number of aliphatic carboxylic acids is 1. The van der Waals surface area contributed by atoms with Crippen LogP contribution in [0.4, 0.5) is 26.3 Å². The van der Waals surface area contributed by atoms with Crippen LogP contribution >= 0.6 is 0 Å². The second-order valence-electron chi connectivity index (χ2n) is 8.49. The molecule has 0 bridgehead atoms. The number of carboxylic acid groups (broad SMARTS) is 1. The van der Waals surface area contributed by atoms with E-state index in [9.17, 15) is 35.9 Å². The van der Waals surface area contributed by atoms with Crippen molar-refractivity contribution in [1.29, 1.82) is 0 Å². The molecule has 1 amide bonds. The highest BCUT2D eigenvalue weighted by Gasteiger charge is 2.38. The van der Waals surface area contributed by atoms with E-state index >= 15 is 0 Å². The van der Waals surface area contributed by atoms with Gasteiger partial charge in [0.05, 0.1) is 22.2 Å². The molecule has 1 aliphatic rings. The van der Waals surface area contributed by atoms with Gasteiger partial charge in [-0.25, -0.2) is 9.59 Å². The van der Waals surface area contributed by atoms with Crippen LogP contribution in [0.3, 0.4) is 0 Å². The van der Waals surface area contributed by atoms with Gasteiger partial charge in [-0.05, 0) is 37.1 Å². The van der Waals surface area contributed by atoms with Gasteiger partial charge in [-0.2, -0.15) is 26.3 Å². The van der Waals surface area contributed by atoms with Crippen molar-refractivity contribution in [2.75, 3.05) is 26.2 Å². The van der Waals surface area contributed by atoms with Crippen molar-refractivity contribution in [2.24, 2.45) is 0 Å². The minimum atomic E-state index is -5.08. The number of amides is 1. The summed E-state index contributed by atoms with van der Waals surface area (Å²) in [7, 11) is 0. The summed E-state index contributed by atoms with van der Waals surface area (Å²) < 4.78 is 72.8. The van der Waals surface area contributed by atoms with Crippen molar-refractivity contribution in [1.82, 2.24) is 19.8 Å². The predicted molar refractivity (Wildman–Crippen MR) is 125 cm³/mol. The number of carboxylic acids is 1. The molecule has 1 aromatic heterocycles. The van der Waals surface area contributed by atoms with Crippen LogP contribution in [0.2, 0.25) is 0 Å². The van der Waals surface area contributed by atoms with Gasteiger partial charge in [0, 0.05) is 32.2 Å². The molecule has 0 spiro atoms. The lowest BCUT2D eigenvalue weighted by atomic mass is 10.0. The summed E-state index contributed by atoms with van der Waals surface area (Å²) in [6, 6.07) is 12.5. The number of halogens is 6. The number of alkyl halides is 6. The summed E-state index contributed by atoms with van der Waals surface area (Å²) in [4.78, 5) is 38.5. The average molecular weight is 546 g/mol. The van der Waals surface area contributed by atoms with Crippen LogP contribution in [-0.2, 0) is 11.0 Å². The number of likely N-dealkylation sites (tertiary alicyclic amines) is 1. The fourth-order valence-electron chi connectivity index (χ4n) is 4.19. The Morgan fingerprint density at radius 2 is 1.55 bits per heavy atom. The van der Waals surface area contributed by atoms with Gasteiger partial charge < -0.3 is 20.3 Å². The van der Waals surface area contributed by atoms with Crippen LogP contribution in [-0.4, -0.2) is 63.8 Å². The fraction of sp³-hybridized carbons (Fsp3) is 0.375. The molecule has 4 rings (SSSR count). The zero-order chi connectivity index (χ0) is 28.1. The topological polar surface area (TPSA) is 107 Å². The van der Waals surface area contributed by atoms with Crippen LogP contribution in [0.1, 0.15) is 34.8 Å². The summed E-state index contributed by atoms with van der Waals surface area (Å²) in [5.41, 5.74) is 0.290. The Morgan fingerprint density at radius 1 is 0.974 bits per heavy atom. The first kappa shape index (κ1) is 28.8. The molecule has 1 saturated heterocycles. The number of piperidine rings is 1. The highest BCUT2D eigenvalue weighted by Crippen LogP contribution is 2.31. The van der Waals surface area contributed by atoms with E-state index in [0.717, 1.165) is 43.0 Å². The number of carbonyl (C=O) groups excluding carboxylic acids is 1. The predicted octanol–water partition coefficient (Wildman–Crippen LogP) is 4.05. The number of imidazole rings is 1. The van der Waals surface area contributed by atoms with Gasteiger partial charge in [0.25, 0.3) is 5.91 Å². The number of nitrogens with zero attached hydrogens (tertiary/aromatic N) is 2. The molecule has 1 aliphatic heterocycles. The Kier molecular flexibility index (Phi) is 8.86. The molecule has 14 heteroatoms. The molecule has 8 nitrogen and oxygen atoms in total. The van der Waals surface area contributed by atoms with Crippen molar-refractivity contribution in [3.63, 3.8) is 0 Å². The molecule has 0 atom stereocenters. The van der Waals surface area contributed by atoms with Gasteiger partial charge in [-0.15, -0.1) is 0 Å². The van der Waals surface area contributed by atoms with E-state index < -0.39 is 29.8 Å². The number of H-pyrrole nitrogens is 1. The Bertz CT molecular complexity index is 1320. The third-order valence-electron chi connectivity index (χ3n) is 5.98. The zero-order valence-electron chi connectivity index (χ0n) is 19.8. The second-order valence-corrected chi connectivity index (χ2v) is 8.49. The summed E-state index contributed by atoms with van der Waals surface area (Å²) in [6.45, 7) is 2.27. The SMILES string of the molecule is O=C(NCCN1CCC(n2c(=O)[nH]c3ccccc32)CC1)c1ccccc1C(F)(F)F.O=C(O)C(F)(F)F. The molecule has 206 valence electrons. The minimum Gasteiger partial charge on any atom is -0.475 e. The minimum absolute atomic E-state index is 0.0909. The number of benzene rings is 2. The van der Waals surface area contributed by atoms with Gasteiger partial charge in [0.15, 0.2) is 0 Å². The van der Waals surface area contributed by atoms with Crippen LogP contribution < -0.4 is 11.0 Å². The molecular formula is C24H24F6N4O4. The van der Waals surface area contributed by atoms with E-state index in [2.05, 4.69) is 15.2 Å². The Labute approximate surface area is 211 Å².